The van der Waals surface area contributed by atoms with Crippen molar-refractivity contribution in [3.8, 4) is 0 Å². The monoisotopic (exact) mass is 415 g/mol. The number of carbonyl (C=O) groups excluding carboxylic acids is 1. The molecular weight excluding hydrogens is 382 g/mol. The standard InChI is InChI=1S/C27H33N3O/c28-30-19-25(21-14-16-29-15-5-4-10-23(29)17-21)24-18-22(12-13-26(24)30)27(31)11-6-9-20-7-2-1-3-8-20/h1-3,7-8,12-13,18-19,21,23H,4-6,9-11,14-17,28H2. The number of nitrogens with zero attached hydrogens (tertiary/aromatic N) is 2. The topological polar surface area (TPSA) is 51.3 Å². The molecule has 162 valence electrons. The highest BCUT2D eigenvalue weighted by atomic mass is 16.1. The van der Waals surface area contributed by atoms with E-state index in [9.17, 15) is 4.79 Å². The summed E-state index contributed by atoms with van der Waals surface area (Å²) < 4.78 is 1.75. The molecule has 2 saturated heterocycles. The molecule has 0 saturated carbocycles. The van der Waals surface area contributed by atoms with Crippen LogP contribution in [-0.2, 0) is 6.42 Å². The SMILES string of the molecule is Nn1cc(C2CCN3CCCCC3C2)c2cc(C(=O)CCCc3ccccc3)ccc21. The normalized spacial score (nSPS) is 21.8. The van der Waals surface area contributed by atoms with Crippen molar-refractivity contribution in [2.45, 2.75) is 63.3 Å². The van der Waals surface area contributed by atoms with Gasteiger partial charge in [0.2, 0.25) is 0 Å². The summed E-state index contributed by atoms with van der Waals surface area (Å²) in [6.07, 6.45) is 10.9. The maximum Gasteiger partial charge on any atom is 0.162 e. The summed E-state index contributed by atoms with van der Waals surface area (Å²) in [6, 6.07) is 17.2. The van der Waals surface area contributed by atoms with Crippen molar-refractivity contribution in [3.05, 3.63) is 71.4 Å². The fraction of sp³-hybridized carbons (Fsp3) is 0.444. The number of aryl methyl sites for hydroxylation is 1. The van der Waals surface area contributed by atoms with E-state index in [0.717, 1.165) is 23.9 Å². The van der Waals surface area contributed by atoms with Crippen molar-refractivity contribution in [2.75, 3.05) is 18.9 Å². The summed E-state index contributed by atoms with van der Waals surface area (Å²) in [5.74, 6) is 7.08. The number of nitrogens with two attached hydrogens (primary N) is 1. The van der Waals surface area contributed by atoms with Crippen LogP contribution >= 0.6 is 0 Å². The van der Waals surface area contributed by atoms with Crippen LogP contribution in [-0.4, -0.2) is 34.5 Å². The predicted octanol–water partition coefficient (Wildman–Crippen LogP) is 5.29. The average Bonchev–Trinajstić information content (AvgIpc) is 3.15. The maximum atomic E-state index is 12.9. The predicted molar refractivity (Wildman–Crippen MR) is 127 cm³/mol. The summed E-state index contributed by atoms with van der Waals surface area (Å²) >= 11 is 0. The Kier molecular flexibility index (Phi) is 5.82. The van der Waals surface area contributed by atoms with Crippen LogP contribution in [0.25, 0.3) is 10.9 Å². The molecule has 0 amide bonds. The molecule has 0 radical (unpaired) electrons. The zero-order valence-corrected chi connectivity index (χ0v) is 18.3. The van der Waals surface area contributed by atoms with Gasteiger partial charge in [0.05, 0.1) is 5.52 Å². The van der Waals surface area contributed by atoms with Crippen molar-refractivity contribution in [1.29, 1.82) is 0 Å². The lowest BCUT2D eigenvalue weighted by molar-refractivity contribution is 0.0975. The lowest BCUT2D eigenvalue weighted by Gasteiger charge is -2.42. The van der Waals surface area contributed by atoms with E-state index in [1.54, 1.807) is 4.68 Å². The molecule has 3 heterocycles. The number of aromatic nitrogens is 1. The van der Waals surface area contributed by atoms with Gasteiger partial charge in [0.1, 0.15) is 0 Å². The van der Waals surface area contributed by atoms with E-state index in [1.807, 2.05) is 18.2 Å². The molecule has 2 unspecified atom stereocenters. The van der Waals surface area contributed by atoms with Crippen molar-refractivity contribution < 1.29 is 4.79 Å². The number of piperidine rings is 2. The van der Waals surface area contributed by atoms with E-state index in [2.05, 4.69) is 41.4 Å². The largest absolute Gasteiger partial charge is 0.339 e. The van der Waals surface area contributed by atoms with Gasteiger partial charge in [0.25, 0.3) is 0 Å². The van der Waals surface area contributed by atoms with Crippen molar-refractivity contribution >= 4 is 16.7 Å². The fourth-order valence-corrected chi connectivity index (χ4v) is 5.69. The Labute approximate surface area is 185 Å². The van der Waals surface area contributed by atoms with Crippen LogP contribution in [0.4, 0.5) is 0 Å². The van der Waals surface area contributed by atoms with E-state index < -0.39 is 0 Å². The van der Waals surface area contributed by atoms with Crippen LogP contribution in [0.1, 0.15) is 72.3 Å². The molecular formula is C27H33N3O. The van der Waals surface area contributed by atoms with E-state index in [0.29, 0.717) is 18.4 Å². The molecule has 2 aliphatic rings. The molecule has 31 heavy (non-hydrogen) atoms. The summed E-state index contributed by atoms with van der Waals surface area (Å²) in [7, 11) is 0. The fourth-order valence-electron chi connectivity index (χ4n) is 5.69. The molecule has 0 aliphatic carbocycles. The van der Waals surface area contributed by atoms with Crippen molar-refractivity contribution in [1.82, 2.24) is 9.58 Å². The van der Waals surface area contributed by atoms with Crippen LogP contribution < -0.4 is 5.84 Å². The smallest absolute Gasteiger partial charge is 0.162 e. The summed E-state index contributed by atoms with van der Waals surface area (Å²) in [4.78, 5) is 15.6. The van der Waals surface area contributed by atoms with Crippen molar-refractivity contribution in [2.24, 2.45) is 0 Å². The van der Waals surface area contributed by atoms with Gasteiger partial charge in [-0.3, -0.25) is 9.47 Å². The second-order valence-electron chi connectivity index (χ2n) is 9.39. The summed E-state index contributed by atoms with van der Waals surface area (Å²) in [5.41, 5.74) is 4.48. The van der Waals surface area contributed by atoms with Gasteiger partial charge in [0.15, 0.2) is 5.78 Å². The number of nitrogen functional groups attached to an aromatic ring is 1. The van der Waals surface area contributed by atoms with E-state index >= 15 is 0 Å². The number of benzene rings is 2. The third-order valence-electron chi connectivity index (χ3n) is 7.41. The zero-order valence-electron chi connectivity index (χ0n) is 18.3. The molecule has 3 aromatic rings. The molecule has 4 heteroatoms. The number of hydrogen-bond acceptors (Lipinski definition) is 3. The summed E-state index contributed by atoms with van der Waals surface area (Å²) in [5, 5.41) is 1.17. The molecule has 4 nitrogen and oxygen atoms in total. The quantitative estimate of drug-likeness (QED) is 0.439. The Morgan fingerprint density at radius 3 is 2.77 bits per heavy atom. The number of rotatable bonds is 6. The molecule has 0 bridgehead atoms. The van der Waals surface area contributed by atoms with E-state index in [-0.39, 0.29) is 5.78 Å². The highest BCUT2D eigenvalue weighted by Gasteiger charge is 2.32. The number of ketones is 1. The third kappa shape index (κ3) is 4.27. The number of carbonyl (C=O) groups is 1. The average molecular weight is 416 g/mol. The first-order valence-corrected chi connectivity index (χ1v) is 11.9. The Bertz CT molecular complexity index is 1060. The first-order chi connectivity index (χ1) is 15.2. The third-order valence-corrected chi connectivity index (χ3v) is 7.41. The first kappa shape index (κ1) is 20.3. The Morgan fingerprint density at radius 2 is 1.90 bits per heavy atom. The minimum atomic E-state index is 0.232. The molecule has 2 fully saturated rings. The lowest BCUT2D eigenvalue weighted by Crippen LogP contribution is -2.44. The van der Waals surface area contributed by atoms with Gasteiger partial charge in [-0.1, -0.05) is 36.8 Å². The highest BCUT2D eigenvalue weighted by Crippen LogP contribution is 2.39. The second kappa shape index (κ2) is 8.88. The number of fused-ring (bicyclic) bond motifs is 2. The van der Waals surface area contributed by atoms with Gasteiger partial charge < -0.3 is 10.7 Å². The Morgan fingerprint density at radius 1 is 1.03 bits per heavy atom. The number of Topliss-reactive ketones (excluding diaryl/α,β-unsaturated/α-hetero) is 1. The van der Waals surface area contributed by atoms with E-state index in [1.165, 1.54) is 61.7 Å². The Balaban J connectivity index is 1.32. The van der Waals surface area contributed by atoms with Gasteiger partial charge >= 0.3 is 0 Å². The summed E-state index contributed by atoms with van der Waals surface area (Å²) in [6.45, 7) is 2.45. The highest BCUT2D eigenvalue weighted by molar-refractivity contribution is 6.00. The molecule has 2 atom stereocenters. The maximum absolute atomic E-state index is 12.9. The Hall–Kier alpha value is -2.59. The van der Waals surface area contributed by atoms with Crippen LogP contribution in [0.3, 0.4) is 0 Å². The lowest BCUT2D eigenvalue weighted by atomic mass is 9.82. The minimum Gasteiger partial charge on any atom is -0.339 e. The first-order valence-electron chi connectivity index (χ1n) is 11.9. The van der Waals surface area contributed by atoms with E-state index in [4.69, 9.17) is 5.84 Å². The van der Waals surface area contributed by atoms with Crippen LogP contribution in [0.2, 0.25) is 0 Å². The van der Waals surface area contributed by atoms with Crippen molar-refractivity contribution in [3.63, 3.8) is 0 Å². The molecule has 2 aliphatic heterocycles. The van der Waals surface area contributed by atoms with Gasteiger partial charge in [-0.15, -0.1) is 0 Å². The van der Waals surface area contributed by atoms with Gasteiger partial charge in [-0.05, 0) is 86.9 Å². The van der Waals surface area contributed by atoms with Crippen LogP contribution in [0, 0.1) is 0 Å². The second-order valence-corrected chi connectivity index (χ2v) is 9.39. The zero-order chi connectivity index (χ0) is 21.2. The van der Waals surface area contributed by atoms with Crippen LogP contribution in [0.15, 0.2) is 54.7 Å². The van der Waals surface area contributed by atoms with Gasteiger partial charge in [-0.25, -0.2) is 0 Å². The number of hydrogen-bond donors (Lipinski definition) is 1. The molecule has 0 spiro atoms. The van der Waals surface area contributed by atoms with Gasteiger partial charge in [-0.2, -0.15) is 0 Å². The molecule has 5 rings (SSSR count). The molecule has 2 aromatic carbocycles. The molecule has 1 aromatic heterocycles. The minimum absolute atomic E-state index is 0.232. The van der Waals surface area contributed by atoms with Gasteiger partial charge in [0, 0.05) is 29.6 Å². The molecule has 2 N–H and O–H groups in total. The van der Waals surface area contributed by atoms with Crippen LogP contribution in [0.5, 0.6) is 0 Å².